The van der Waals surface area contributed by atoms with E-state index in [1.807, 2.05) is 0 Å². The summed E-state index contributed by atoms with van der Waals surface area (Å²) in [7, 11) is 0. The molecular formula is C2H5FNNaO. The van der Waals surface area contributed by atoms with Crippen LogP contribution in [0.15, 0.2) is 0 Å². The summed E-state index contributed by atoms with van der Waals surface area (Å²) in [5.41, 5.74) is 4.28. The van der Waals surface area contributed by atoms with Crippen LogP contribution in [0.1, 0.15) is 1.43 Å². The van der Waals surface area contributed by atoms with Gasteiger partial charge in [-0.1, -0.05) is 0 Å². The SMILES string of the molecule is NC(=O)CF.[H-].[Na+]. The third-order valence-electron chi connectivity index (χ3n) is 0.132. The average molecular weight is 101 g/mol. The molecule has 0 fully saturated rings. The summed E-state index contributed by atoms with van der Waals surface area (Å²) in [6.07, 6.45) is 0. The molecule has 0 aliphatic carbocycles. The molecule has 0 aromatic carbocycles. The van der Waals surface area contributed by atoms with E-state index in [0.717, 1.165) is 0 Å². The van der Waals surface area contributed by atoms with Crippen molar-refractivity contribution in [1.82, 2.24) is 0 Å². The fraction of sp³-hybridized carbons (Fsp3) is 0.500. The maximum Gasteiger partial charge on any atom is 1.00 e. The molecule has 0 bridgehead atoms. The largest absolute Gasteiger partial charge is 1.00 e. The van der Waals surface area contributed by atoms with Crippen LogP contribution in [0, 0.1) is 0 Å². The normalized spacial score (nSPS) is 6.17. The first-order valence-electron chi connectivity index (χ1n) is 1.11. The van der Waals surface area contributed by atoms with Crippen LogP contribution in [0.25, 0.3) is 0 Å². The molecular weight excluding hydrogens is 96.0 g/mol. The summed E-state index contributed by atoms with van der Waals surface area (Å²) >= 11 is 0. The zero-order valence-corrected chi connectivity index (χ0v) is 5.57. The molecule has 0 heterocycles. The molecule has 0 aromatic rings. The second kappa shape index (κ2) is 5.40. The first-order valence-corrected chi connectivity index (χ1v) is 1.11. The van der Waals surface area contributed by atoms with Gasteiger partial charge in [0, 0.05) is 0 Å². The standard InChI is InChI=1S/C2H4FNO.Na.H/c3-1-2(4)5;;/h1H2,(H2,4,5);;/q;+1;-1. The summed E-state index contributed by atoms with van der Waals surface area (Å²) in [5.74, 6) is -0.912. The van der Waals surface area contributed by atoms with Gasteiger partial charge in [0.25, 0.3) is 0 Å². The molecule has 2 N–H and O–H groups in total. The second-order valence-electron chi connectivity index (χ2n) is 0.600. The van der Waals surface area contributed by atoms with Gasteiger partial charge >= 0.3 is 29.6 Å². The van der Waals surface area contributed by atoms with Crippen molar-refractivity contribution < 1.29 is 40.2 Å². The molecule has 4 heteroatoms. The van der Waals surface area contributed by atoms with Gasteiger partial charge in [0.2, 0.25) is 5.91 Å². The predicted octanol–water partition coefficient (Wildman–Crippen LogP) is -3.44. The number of halogens is 1. The van der Waals surface area contributed by atoms with Crippen molar-refractivity contribution in [3.63, 3.8) is 0 Å². The monoisotopic (exact) mass is 101 g/mol. The summed E-state index contributed by atoms with van der Waals surface area (Å²) in [6, 6.07) is 0. The van der Waals surface area contributed by atoms with E-state index in [1.165, 1.54) is 0 Å². The molecule has 0 aliphatic heterocycles. The fourth-order valence-electron chi connectivity index (χ4n) is 0. The third kappa shape index (κ3) is 8.83. The van der Waals surface area contributed by atoms with E-state index in [4.69, 9.17) is 0 Å². The molecule has 0 spiro atoms. The molecule has 2 nitrogen and oxygen atoms in total. The number of primary amides is 1. The quantitative estimate of drug-likeness (QED) is 0.343. The Balaban J connectivity index is -0.0000000800. The van der Waals surface area contributed by atoms with E-state index < -0.39 is 12.6 Å². The molecule has 32 valence electrons. The first-order chi connectivity index (χ1) is 2.27. The molecule has 1 amide bonds. The molecule has 0 unspecified atom stereocenters. The topological polar surface area (TPSA) is 43.1 Å². The summed E-state index contributed by atoms with van der Waals surface area (Å²) in [6.45, 7) is -1.06. The van der Waals surface area contributed by atoms with Crippen LogP contribution >= 0.6 is 0 Å². The number of hydrogen-bond donors (Lipinski definition) is 1. The smallest absolute Gasteiger partial charge is 1.00 e. The number of carbonyl (C=O) groups excluding carboxylic acids is 1. The molecule has 0 saturated carbocycles. The van der Waals surface area contributed by atoms with Gasteiger partial charge < -0.3 is 7.16 Å². The summed E-state index contributed by atoms with van der Waals surface area (Å²) in [4.78, 5) is 9.22. The van der Waals surface area contributed by atoms with E-state index in [-0.39, 0.29) is 31.0 Å². The van der Waals surface area contributed by atoms with Crippen LogP contribution in [-0.2, 0) is 4.79 Å². The Hall–Kier alpha value is 0.400. The van der Waals surface area contributed by atoms with Crippen molar-refractivity contribution in [2.75, 3.05) is 6.67 Å². The predicted molar refractivity (Wildman–Crippen MR) is 16.3 cm³/mol. The Morgan fingerprint density at radius 1 is 2.00 bits per heavy atom. The van der Waals surface area contributed by atoms with E-state index in [9.17, 15) is 9.18 Å². The van der Waals surface area contributed by atoms with Crippen LogP contribution in [0.3, 0.4) is 0 Å². The molecule has 0 saturated heterocycles. The van der Waals surface area contributed by atoms with E-state index in [0.29, 0.717) is 0 Å². The number of alkyl halides is 1. The molecule has 6 heavy (non-hydrogen) atoms. The fourth-order valence-corrected chi connectivity index (χ4v) is 0. The Kier molecular flexibility index (Phi) is 8.68. The molecule has 0 aliphatic rings. The Bertz CT molecular complexity index is 53.0. The third-order valence-corrected chi connectivity index (χ3v) is 0.132. The van der Waals surface area contributed by atoms with Gasteiger partial charge in [-0.2, -0.15) is 0 Å². The molecule has 0 aromatic heterocycles. The van der Waals surface area contributed by atoms with Crippen LogP contribution < -0.4 is 35.3 Å². The molecule has 0 atom stereocenters. The minimum Gasteiger partial charge on any atom is -1.00 e. The minimum absolute atomic E-state index is 0. The maximum absolute atomic E-state index is 10.6. The van der Waals surface area contributed by atoms with Crippen molar-refractivity contribution in [3.05, 3.63) is 0 Å². The van der Waals surface area contributed by atoms with Crippen molar-refractivity contribution in [2.24, 2.45) is 5.73 Å². The van der Waals surface area contributed by atoms with Gasteiger partial charge in [0.1, 0.15) is 0 Å². The van der Waals surface area contributed by atoms with E-state index in [2.05, 4.69) is 5.73 Å². The number of carbonyl (C=O) groups is 1. The van der Waals surface area contributed by atoms with Crippen molar-refractivity contribution in [1.29, 1.82) is 0 Å². The number of rotatable bonds is 1. The van der Waals surface area contributed by atoms with Crippen LogP contribution in [0.2, 0.25) is 0 Å². The number of nitrogens with two attached hydrogens (primary N) is 1. The van der Waals surface area contributed by atoms with Crippen molar-refractivity contribution in [3.8, 4) is 0 Å². The van der Waals surface area contributed by atoms with Gasteiger partial charge in [-0.05, 0) is 0 Å². The maximum atomic E-state index is 10.6. The number of hydrogen-bond acceptors (Lipinski definition) is 1. The van der Waals surface area contributed by atoms with Crippen LogP contribution in [0.5, 0.6) is 0 Å². The average Bonchev–Trinajstić information content (AvgIpc) is 1.38. The molecule has 0 rings (SSSR count). The Labute approximate surface area is 58.7 Å². The zero-order valence-electron chi connectivity index (χ0n) is 4.57. The number of amides is 1. The van der Waals surface area contributed by atoms with Crippen LogP contribution in [-0.4, -0.2) is 12.6 Å². The van der Waals surface area contributed by atoms with Crippen molar-refractivity contribution in [2.45, 2.75) is 0 Å². The van der Waals surface area contributed by atoms with E-state index in [1.54, 1.807) is 0 Å². The minimum atomic E-state index is -1.06. The molecule has 0 radical (unpaired) electrons. The summed E-state index contributed by atoms with van der Waals surface area (Å²) in [5, 5.41) is 0. The van der Waals surface area contributed by atoms with Crippen molar-refractivity contribution >= 4 is 5.91 Å². The first kappa shape index (κ1) is 9.64. The van der Waals surface area contributed by atoms with Gasteiger partial charge in [-0.15, -0.1) is 0 Å². The van der Waals surface area contributed by atoms with Gasteiger partial charge in [-0.3, -0.25) is 4.79 Å². The van der Waals surface area contributed by atoms with Gasteiger partial charge in [-0.25, -0.2) is 4.39 Å². The summed E-state index contributed by atoms with van der Waals surface area (Å²) < 4.78 is 10.6. The van der Waals surface area contributed by atoms with Gasteiger partial charge in [0.15, 0.2) is 6.67 Å². The van der Waals surface area contributed by atoms with Crippen LogP contribution in [0.4, 0.5) is 4.39 Å². The van der Waals surface area contributed by atoms with Gasteiger partial charge in [0.05, 0.1) is 0 Å². The van der Waals surface area contributed by atoms with E-state index >= 15 is 0 Å². The second-order valence-corrected chi connectivity index (χ2v) is 0.600. The Morgan fingerprint density at radius 3 is 2.17 bits per heavy atom. The zero-order chi connectivity index (χ0) is 4.28. The Morgan fingerprint density at radius 2 is 2.17 bits per heavy atom.